The lowest BCUT2D eigenvalue weighted by atomic mass is 9.86. The van der Waals surface area contributed by atoms with Gasteiger partial charge in [-0.05, 0) is 40.8 Å². The van der Waals surface area contributed by atoms with Gasteiger partial charge < -0.3 is 29.0 Å². The molecular formula is C28H27N3O5S. The zero-order valence-corrected chi connectivity index (χ0v) is 21.6. The van der Waals surface area contributed by atoms with Crippen molar-refractivity contribution >= 4 is 34.1 Å². The molecule has 190 valence electrons. The molecule has 6 rings (SSSR count). The highest BCUT2D eigenvalue weighted by Gasteiger charge is 2.48. The monoisotopic (exact) mass is 517 g/mol. The van der Waals surface area contributed by atoms with Gasteiger partial charge in [0.2, 0.25) is 17.6 Å². The number of thiophene rings is 1. The van der Waals surface area contributed by atoms with Crippen LogP contribution in [0, 0.1) is 0 Å². The number of para-hydroxylation sites is 1. The van der Waals surface area contributed by atoms with Crippen LogP contribution in [0.5, 0.6) is 17.2 Å². The fraction of sp³-hybridized carbons (Fsp3) is 0.286. The van der Waals surface area contributed by atoms with E-state index in [0.29, 0.717) is 30.2 Å². The summed E-state index contributed by atoms with van der Waals surface area (Å²) in [5.41, 5.74) is 3.70. The summed E-state index contributed by atoms with van der Waals surface area (Å²) >= 11 is 1.59. The van der Waals surface area contributed by atoms with Crippen molar-refractivity contribution in [3.8, 4) is 17.2 Å². The second kappa shape index (κ2) is 9.15. The van der Waals surface area contributed by atoms with Crippen molar-refractivity contribution in [1.29, 1.82) is 0 Å². The maximum absolute atomic E-state index is 13.9. The highest BCUT2D eigenvalue weighted by molar-refractivity contribution is 7.09. The molecule has 1 unspecified atom stereocenters. The van der Waals surface area contributed by atoms with Crippen molar-refractivity contribution in [2.24, 2.45) is 0 Å². The first kappa shape index (κ1) is 23.4. The molecule has 37 heavy (non-hydrogen) atoms. The van der Waals surface area contributed by atoms with E-state index in [0.717, 1.165) is 32.6 Å². The number of methoxy groups -OCH3 is 3. The molecule has 2 aromatic carbocycles. The molecular weight excluding hydrogens is 490 g/mol. The number of rotatable bonds is 6. The zero-order chi connectivity index (χ0) is 25.7. The Morgan fingerprint density at radius 3 is 2.43 bits per heavy atom. The summed E-state index contributed by atoms with van der Waals surface area (Å²) in [6, 6.07) is 14.6. The Labute approximate surface area is 218 Å². The summed E-state index contributed by atoms with van der Waals surface area (Å²) in [6.45, 7) is 0.464. The minimum atomic E-state index is -0.614. The Bertz CT molecular complexity index is 1470. The Hall–Kier alpha value is -3.98. The van der Waals surface area contributed by atoms with E-state index in [2.05, 4.69) is 11.1 Å². The van der Waals surface area contributed by atoms with Gasteiger partial charge in [-0.15, -0.1) is 11.3 Å². The van der Waals surface area contributed by atoms with Crippen LogP contribution in [0.25, 0.3) is 10.9 Å². The first-order valence-electron chi connectivity index (χ1n) is 12.1. The molecule has 4 heterocycles. The van der Waals surface area contributed by atoms with Crippen LogP contribution >= 0.6 is 11.3 Å². The molecule has 8 nitrogen and oxygen atoms in total. The van der Waals surface area contributed by atoms with Gasteiger partial charge in [0, 0.05) is 27.9 Å². The number of nitrogens with one attached hydrogen (secondary N) is 1. The number of aromatic nitrogens is 1. The normalized spacial score (nSPS) is 19.1. The number of H-pyrrole nitrogens is 1. The second-order valence-corrected chi connectivity index (χ2v) is 10.3. The lowest BCUT2D eigenvalue weighted by Crippen LogP contribution is -2.62. The maximum Gasteiger partial charge on any atom is 0.246 e. The lowest BCUT2D eigenvalue weighted by molar-refractivity contribution is -0.159. The summed E-state index contributed by atoms with van der Waals surface area (Å²) in [6.07, 6.45) is 0.450. The van der Waals surface area contributed by atoms with Crippen molar-refractivity contribution in [3.63, 3.8) is 0 Å². The number of fused-ring (bicyclic) bond motifs is 4. The molecule has 0 spiro atoms. The Morgan fingerprint density at radius 2 is 1.76 bits per heavy atom. The molecule has 0 radical (unpaired) electrons. The average Bonchev–Trinajstić information content (AvgIpc) is 3.57. The first-order valence-corrected chi connectivity index (χ1v) is 12.9. The fourth-order valence-corrected chi connectivity index (χ4v) is 6.37. The van der Waals surface area contributed by atoms with Gasteiger partial charge in [-0.3, -0.25) is 9.59 Å². The zero-order valence-electron chi connectivity index (χ0n) is 20.8. The molecule has 9 heteroatoms. The number of carbonyl (C=O) groups excluding carboxylic acids is 2. The number of hydrogen-bond donors (Lipinski definition) is 1. The molecule has 1 N–H and O–H groups in total. The van der Waals surface area contributed by atoms with Crippen molar-refractivity contribution in [2.45, 2.75) is 25.0 Å². The predicted octanol–water partition coefficient (Wildman–Crippen LogP) is 4.14. The number of amides is 2. The molecule has 2 amide bonds. The van der Waals surface area contributed by atoms with Crippen molar-refractivity contribution in [1.82, 2.24) is 14.8 Å². The van der Waals surface area contributed by atoms with Gasteiger partial charge in [0.05, 0.1) is 33.9 Å². The van der Waals surface area contributed by atoms with E-state index in [1.807, 2.05) is 47.8 Å². The van der Waals surface area contributed by atoms with Crippen LogP contribution in [0.1, 0.15) is 27.7 Å². The van der Waals surface area contributed by atoms with Gasteiger partial charge in [-0.1, -0.05) is 24.3 Å². The van der Waals surface area contributed by atoms with Crippen LogP contribution in [0.15, 0.2) is 53.9 Å². The number of aromatic amines is 1. The number of hydrogen-bond acceptors (Lipinski definition) is 6. The molecule has 1 fully saturated rings. The molecule has 0 bridgehead atoms. The summed E-state index contributed by atoms with van der Waals surface area (Å²) in [5.74, 6) is 1.32. The van der Waals surface area contributed by atoms with E-state index in [9.17, 15) is 9.59 Å². The molecule has 0 aliphatic carbocycles. The standard InChI is InChI=1S/C28H27N3O5S/c1-34-22-11-16(12-23(35-2)27(22)36-3)26-25-19(18-8-4-5-9-20(18)29-25)13-21-28(33)30(15-24(32)31(21)26)14-17-7-6-10-37-17/h4-12,21,26,29H,13-15H2,1-3H3/t21-,26?/m0/s1. The van der Waals surface area contributed by atoms with Gasteiger partial charge in [0.15, 0.2) is 11.5 Å². The fourth-order valence-electron chi connectivity index (χ4n) is 5.65. The predicted molar refractivity (Wildman–Crippen MR) is 140 cm³/mol. The third-order valence-electron chi connectivity index (χ3n) is 7.27. The SMILES string of the molecule is COc1cc(C2c3[nH]c4ccccc4c3C[C@H]3C(=O)N(Cc4cccs4)CC(=O)N23)cc(OC)c1OC. The molecule has 2 aromatic heterocycles. The van der Waals surface area contributed by atoms with E-state index in [1.165, 1.54) is 0 Å². The number of ether oxygens (including phenoxy) is 3. The van der Waals surface area contributed by atoms with Gasteiger partial charge in [-0.2, -0.15) is 0 Å². The van der Waals surface area contributed by atoms with E-state index in [-0.39, 0.29) is 18.4 Å². The number of nitrogens with zero attached hydrogens (tertiary/aromatic N) is 2. The van der Waals surface area contributed by atoms with E-state index >= 15 is 0 Å². The summed E-state index contributed by atoms with van der Waals surface area (Å²) in [5, 5.41) is 3.04. The van der Waals surface area contributed by atoms with Gasteiger partial charge in [0.1, 0.15) is 12.6 Å². The summed E-state index contributed by atoms with van der Waals surface area (Å²) in [7, 11) is 4.69. The highest BCUT2D eigenvalue weighted by atomic mass is 32.1. The Balaban J connectivity index is 1.52. The average molecular weight is 518 g/mol. The number of benzene rings is 2. The van der Waals surface area contributed by atoms with Crippen LogP contribution in [0.3, 0.4) is 0 Å². The molecule has 4 aromatic rings. The van der Waals surface area contributed by atoms with Gasteiger partial charge in [-0.25, -0.2) is 0 Å². The quantitative estimate of drug-likeness (QED) is 0.416. The maximum atomic E-state index is 13.9. The first-order chi connectivity index (χ1) is 18.0. The van der Waals surface area contributed by atoms with E-state index in [1.54, 1.807) is 42.5 Å². The number of piperazine rings is 1. The smallest absolute Gasteiger partial charge is 0.246 e. The second-order valence-electron chi connectivity index (χ2n) is 9.22. The van der Waals surface area contributed by atoms with Crippen LogP contribution in [-0.4, -0.2) is 60.5 Å². The third-order valence-corrected chi connectivity index (χ3v) is 8.13. The largest absolute Gasteiger partial charge is 0.493 e. The van der Waals surface area contributed by atoms with E-state index in [4.69, 9.17) is 14.2 Å². The number of carbonyl (C=O) groups is 2. The molecule has 2 aliphatic rings. The topological polar surface area (TPSA) is 84.1 Å². The molecule has 2 aliphatic heterocycles. The minimum Gasteiger partial charge on any atom is -0.493 e. The van der Waals surface area contributed by atoms with Crippen LogP contribution in [0.4, 0.5) is 0 Å². The van der Waals surface area contributed by atoms with Crippen molar-refractivity contribution in [3.05, 3.63) is 75.6 Å². The van der Waals surface area contributed by atoms with Gasteiger partial charge >= 0.3 is 0 Å². The van der Waals surface area contributed by atoms with E-state index < -0.39 is 12.1 Å². The summed E-state index contributed by atoms with van der Waals surface area (Å²) in [4.78, 5) is 35.7. The van der Waals surface area contributed by atoms with Crippen LogP contribution in [-0.2, 0) is 22.6 Å². The Kier molecular flexibility index (Phi) is 5.79. The molecule has 1 saturated heterocycles. The van der Waals surface area contributed by atoms with Crippen molar-refractivity contribution < 1.29 is 23.8 Å². The lowest BCUT2D eigenvalue weighted by Gasteiger charge is -2.47. The molecule has 2 atom stereocenters. The van der Waals surface area contributed by atoms with Crippen LogP contribution in [0.2, 0.25) is 0 Å². The highest BCUT2D eigenvalue weighted by Crippen LogP contribution is 2.47. The van der Waals surface area contributed by atoms with Crippen LogP contribution < -0.4 is 14.2 Å². The van der Waals surface area contributed by atoms with Gasteiger partial charge in [0.25, 0.3) is 0 Å². The third kappa shape index (κ3) is 3.72. The minimum absolute atomic E-state index is 0.0315. The molecule has 0 saturated carbocycles. The van der Waals surface area contributed by atoms with Crippen molar-refractivity contribution in [2.75, 3.05) is 27.9 Å². The Morgan fingerprint density at radius 1 is 1.00 bits per heavy atom. The summed E-state index contributed by atoms with van der Waals surface area (Å²) < 4.78 is 16.8.